The van der Waals surface area contributed by atoms with Gasteiger partial charge in [-0.3, -0.25) is 4.79 Å². The summed E-state index contributed by atoms with van der Waals surface area (Å²) in [6.45, 7) is 0. The summed E-state index contributed by atoms with van der Waals surface area (Å²) in [5.74, 6) is 0.129. The maximum absolute atomic E-state index is 11.8. The van der Waals surface area contributed by atoms with E-state index in [1.54, 1.807) is 11.7 Å². The van der Waals surface area contributed by atoms with Gasteiger partial charge in [0.25, 0.3) is 5.91 Å². The zero-order chi connectivity index (χ0) is 13.1. The lowest BCUT2D eigenvalue weighted by Gasteiger charge is -2.03. The van der Waals surface area contributed by atoms with E-state index >= 15 is 0 Å². The van der Waals surface area contributed by atoms with Gasteiger partial charge in [0.15, 0.2) is 0 Å². The van der Waals surface area contributed by atoms with Crippen LogP contribution >= 0.6 is 11.8 Å². The van der Waals surface area contributed by atoms with Gasteiger partial charge in [0.05, 0.1) is 5.69 Å². The van der Waals surface area contributed by atoms with Crippen molar-refractivity contribution in [3.05, 3.63) is 35.9 Å². The zero-order valence-electron chi connectivity index (χ0n) is 10.2. The van der Waals surface area contributed by atoms with E-state index < -0.39 is 0 Å². The van der Waals surface area contributed by atoms with Crippen LogP contribution in [0.25, 0.3) is 5.69 Å². The molecule has 0 saturated carbocycles. The van der Waals surface area contributed by atoms with Gasteiger partial charge in [-0.05, 0) is 18.4 Å². The van der Waals surface area contributed by atoms with Crippen LogP contribution in [-0.4, -0.2) is 29.0 Å². The third kappa shape index (κ3) is 2.06. The fourth-order valence-corrected chi connectivity index (χ4v) is 2.22. The second kappa shape index (κ2) is 5.14. The van der Waals surface area contributed by atoms with Crippen LogP contribution < -0.4 is 11.1 Å². The minimum absolute atomic E-state index is 0.223. The molecule has 94 valence electrons. The lowest BCUT2D eigenvalue weighted by atomic mass is 10.3. The number of carbonyl (C=O) groups is 1. The lowest BCUT2D eigenvalue weighted by molar-refractivity contribution is 0.0961. The Labute approximate surface area is 109 Å². The second-order valence-electron chi connectivity index (χ2n) is 3.60. The number of benzene rings is 1. The number of nitrogens with one attached hydrogen (secondary N) is 1. The van der Waals surface area contributed by atoms with E-state index in [0.717, 1.165) is 5.69 Å². The molecule has 18 heavy (non-hydrogen) atoms. The van der Waals surface area contributed by atoms with Gasteiger partial charge in [0, 0.05) is 7.05 Å². The Morgan fingerprint density at radius 2 is 2.06 bits per heavy atom. The number of nitrogens with two attached hydrogens (primary N) is 1. The van der Waals surface area contributed by atoms with Crippen LogP contribution in [0.1, 0.15) is 10.4 Å². The summed E-state index contributed by atoms with van der Waals surface area (Å²) >= 11 is 1.40. The average molecular weight is 262 g/mol. The maximum atomic E-state index is 11.8. The molecule has 5 nitrogen and oxygen atoms in total. The van der Waals surface area contributed by atoms with Crippen molar-refractivity contribution in [3.8, 4) is 5.69 Å². The molecular formula is C12H14N4OS. The van der Waals surface area contributed by atoms with E-state index in [2.05, 4.69) is 10.4 Å². The van der Waals surface area contributed by atoms with Gasteiger partial charge in [-0.2, -0.15) is 5.10 Å². The van der Waals surface area contributed by atoms with Crippen molar-refractivity contribution in [3.63, 3.8) is 0 Å². The first-order valence-electron chi connectivity index (χ1n) is 5.39. The number of anilines is 1. The van der Waals surface area contributed by atoms with E-state index in [1.165, 1.54) is 11.8 Å². The number of para-hydroxylation sites is 1. The van der Waals surface area contributed by atoms with E-state index in [9.17, 15) is 4.79 Å². The SMILES string of the molecule is CNC(=O)c1c(SC)nn(-c2ccccc2)c1N. The predicted octanol–water partition coefficient (Wildman–Crippen LogP) is 1.54. The molecule has 0 spiro atoms. The Kier molecular flexibility index (Phi) is 3.57. The number of hydrogen-bond donors (Lipinski definition) is 2. The standard InChI is InChI=1S/C12H14N4OS/c1-14-11(17)9-10(13)16(15-12(9)18-2)8-6-4-3-5-7-8/h3-7H,13H2,1-2H3,(H,14,17). The fourth-order valence-electron chi connectivity index (χ4n) is 1.66. The summed E-state index contributed by atoms with van der Waals surface area (Å²) in [4.78, 5) is 11.8. The average Bonchev–Trinajstić information content (AvgIpc) is 2.76. The van der Waals surface area contributed by atoms with Crippen molar-refractivity contribution in [2.24, 2.45) is 0 Å². The molecule has 0 saturated heterocycles. The number of thioether (sulfide) groups is 1. The smallest absolute Gasteiger partial charge is 0.257 e. The first-order chi connectivity index (χ1) is 8.69. The highest BCUT2D eigenvalue weighted by Gasteiger charge is 2.21. The van der Waals surface area contributed by atoms with Crippen molar-refractivity contribution in [1.82, 2.24) is 15.1 Å². The first-order valence-corrected chi connectivity index (χ1v) is 6.61. The highest BCUT2D eigenvalue weighted by atomic mass is 32.2. The second-order valence-corrected chi connectivity index (χ2v) is 4.39. The normalized spacial score (nSPS) is 10.3. The van der Waals surface area contributed by atoms with Crippen LogP contribution in [0, 0.1) is 0 Å². The van der Waals surface area contributed by atoms with Gasteiger partial charge in [0.1, 0.15) is 16.4 Å². The molecule has 0 fully saturated rings. The van der Waals surface area contributed by atoms with Gasteiger partial charge in [0.2, 0.25) is 0 Å². The lowest BCUT2D eigenvalue weighted by Crippen LogP contribution is -2.19. The van der Waals surface area contributed by atoms with Crippen molar-refractivity contribution in [1.29, 1.82) is 0 Å². The van der Waals surface area contributed by atoms with Crippen LogP contribution in [0.5, 0.6) is 0 Å². The third-order valence-electron chi connectivity index (χ3n) is 2.54. The molecule has 1 aromatic carbocycles. The minimum atomic E-state index is -0.223. The Morgan fingerprint density at radius 3 is 2.61 bits per heavy atom. The summed E-state index contributed by atoms with van der Waals surface area (Å²) in [6.07, 6.45) is 1.86. The van der Waals surface area contributed by atoms with Crippen LogP contribution in [0.3, 0.4) is 0 Å². The summed E-state index contributed by atoms with van der Waals surface area (Å²) in [5.41, 5.74) is 7.27. The highest BCUT2D eigenvalue weighted by molar-refractivity contribution is 7.98. The molecule has 0 bridgehead atoms. The Bertz CT molecular complexity index is 565. The fraction of sp³-hybridized carbons (Fsp3) is 0.167. The molecular weight excluding hydrogens is 248 g/mol. The summed E-state index contributed by atoms with van der Waals surface area (Å²) in [7, 11) is 1.58. The number of aromatic nitrogens is 2. The minimum Gasteiger partial charge on any atom is -0.383 e. The van der Waals surface area contributed by atoms with Crippen molar-refractivity contribution in [2.45, 2.75) is 5.03 Å². The molecule has 3 N–H and O–H groups in total. The number of carbonyl (C=O) groups excluding carboxylic acids is 1. The van der Waals surface area contributed by atoms with E-state index in [0.29, 0.717) is 16.4 Å². The number of nitrogen functional groups attached to an aromatic ring is 1. The Morgan fingerprint density at radius 1 is 1.39 bits per heavy atom. The number of rotatable bonds is 3. The van der Waals surface area contributed by atoms with E-state index in [1.807, 2.05) is 36.6 Å². The Hall–Kier alpha value is -1.95. The summed E-state index contributed by atoms with van der Waals surface area (Å²) < 4.78 is 1.58. The quantitative estimate of drug-likeness (QED) is 0.823. The van der Waals surface area contributed by atoms with Crippen molar-refractivity contribution >= 4 is 23.5 Å². The van der Waals surface area contributed by atoms with E-state index in [4.69, 9.17) is 5.73 Å². The Balaban J connectivity index is 2.58. The van der Waals surface area contributed by atoms with Crippen LogP contribution in [-0.2, 0) is 0 Å². The number of nitrogens with zero attached hydrogens (tertiary/aromatic N) is 2. The molecule has 1 aromatic heterocycles. The molecule has 0 unspecified atom stereocenters. The molecule has 0 aliphatic rings. The van der Waals surface area contributed by atoms with Crippen molar-refractivity contribution in [2.75, 3.05) is 19.0 Å². The molecule has 2 aromatic rings. The number of amides is 1. The molecule has 0 radical (unpaired) electrons. The first kappa shape index (κ1) is 12.5. The van der Waals surface area contributed by atoms with Gasteiger partial charge >= 0.3 is 0 Å². The van der Waals surface area contributed by atoms with Crippen LogP contribution in [0.15, 0.2) is 35.4 Å². The molecule has 0 aliphatic heterocycles. The van der Waals surface area contributed by atoms with Gasteiger partial charge in [-0.1, -0.05) is 18.2 Å². The molecule has 2 rings (SSSR count). The molecule has 1 heterocycles. The predicted molar refractivity (Wildman–Crippen MR) is 73.1 cm³/mol. The van der Waals surface area contributed by atoms with Crippen LogP contribution in [0.2, 0.25) is 0 Å². The van der Waals surface area contributed by atoms with Gasteiger partial charge < -0.3 is 11.1 Å². The van der Waals surface area contributed by atoms with Crippen LogP contribution in [0.4, 0.5) is 5.82 Å². The summed E-state index contributed by atoms with van der Waals surface area (Å²) in [6, 6.07) is 9.49. The molecule has 6 heteroatoms. The maximum Gasteiger partial charge on any atom is 0.257 e. The number of hydrogen-bond acceptors (Lipinski definition) is 4. The largest absolute Gasteiger partial charge is 0.383 e. The highest BCUT2D eigenvalue weighted by Crippen LogP contribution is 2.26. The van der Waals surface area contributed by atoms with Gasteiger partial charge in [-0.15, -0.1) is 11.8 Å². The monoisotopic (exact) mass is 262 g/mol. The molecule has 0 aliphatic carbocycles. The third-order valence-corrected chi connectivity index (χ3v) is 3.21. The zero-order valence-corrected chi connectivity index (χ0v) is 11.0. The van der Waals surface area contributed by atoms with E-state index in [-0.39, 0.29) is 5.91 Å². The van der Waals surface area contributed by atoms with Gasteiger partial charge in [-0.25, -0.2) is 4.68 Å². The molecule has 0 atom stereocenters. The van der Waals surface area contributed by atoms with Crippen molar-refractivity contribution < 1.29 is 4.79 Å². The molecule has 1 amide bonds. The topological polar surface area (TPSA) is 72.9 Å². The summed E-state index contributed by atoms with van der Waals surface area (Å²) in [5, 5.41) is 7.56.